The zero-order chi connectivity index (χ0) is 12.0. The van der Waals surface area contributed by atoms with Gasteiger partial charge in [0, 0.05) is 5.69 Å². The largest absolute Gasteiger partial charge is 0.492 e. The van der Waals surface area contributed by atoms with Crippen molar-refractivity contribution in [3.8, 4) is 5.75 Å². The van der Waals surface area contributed by atoms with E-state index in [0.717, 1.165) is 30.4 Å². The molecule has 1 aromatic heterocycles. The van der Waals surface area contributed by atoms with Crippen LogP contribution in [0.4, 0.5) is 0 Å². The molecule has 0 unspecified atom stereocenters. The van der Waals surface area contributed by atoms with Crippen LogP contribution < -0.4 is 4.74 Å². The Labute approximate surface area is 99.0 Å². The lowest BCUT2D eigenvalue weighted by Crippen LogP contribution is -2.00. The third kappa shape index (κ3) is 4.65. The predicted molar refractivity (Wildman–Crippen MR) is 67.9 cm³/mol. The van der Waals surface area contributed by atoms with Crippen molar-refractivity contribution in [3.05, 3.63) is 24.0 Å². The molecule has 0 aromatic carbocycles. The average Bonchev–Trinajstić information content (AvgIpc) is 2.25. The van der Waals surface area contributed by atoms with Gasteiger partial charge < -0.3 is 4.74 Å². The summed E-state index contributed by atoms with van der Waals surface area (Å²) < 4.78 is 5.63. The van der Waals surface area contributed by atoms with E-state index in [9.17, 15) is 0 Å². The van der Waals surface area contributed by atoms with Gasteiger partial charge in [-0.25, -0.2) is 0 Å². The summed E-state index contributed by atoms with van der Waals surface area (Å²) >= 11 is 0. The van der Waals surface area contributed by atoms with Crippen LogP contribution in [0, 0.1) is 5.92 Å². The van der Waals surface area contributed by atoms with E-state index in [1.54, 1.807) is 0 Å². The zero-order valence-electron chi connectivity index (χ0n) is 10.9. The van der Waals surface area contributed by atoms with Crippen molar-refractivity contribution in [2.45, 2.75) is 46.5 Å². The van der Waals surface area contributed by atoms with Gasteiger partial charge in [0.05, 0.1) is 12.8 Å². The summed E-state index contributed by atoms with van der Waals surface area (Å²) in [6.45, 7) is 9.55. The molecule has 0 saturated carbocycles. The van der Waals surface area contributed by atoms with Gasteiger partial charge in [0.15, 0.2) is 0 Å². The van der Waals surface area contributed by atoms with Crippen LogP contribution in [-0.2, 0) is 0 Å². The van der Waals surface area contributed by atoms with E-state index < -0.39 is 0 Å². The minimum atomic E-state index is 0.481. The Morgan fingerprint density at radius 3 is 2.44 bits per heavy atom. The highest BCUT2D eigenvalue weighted by atomic mass is 16.5. The molecule has 0 aliphatic heterocycles. The third-order valence-electron chi connectivity index (χ3n) is 2.55. The Balaban J connectivity index is 2.32. The molecule has 0 amide bonds. The summed E-state index contributed by atoms with van der Waals surface area (Å²) in [7, 11) is 0. The second-order valence-electron chi connectivity index (χ2n) is 4.96. The quantitative estimate of drug-likeness (QED) is 0.677. The van der Waals surface area contributed by atoms with Gasteiger partial charge in [0.25, 0.3) is 0 Å². The van der Waals surface area contributed by atoms with Crippen molar-refractivity contribution < 1.29 is 4.74 Å². The maximum Gasteiger partial charge on any atom is 0.137 e. The van der Waals surface area contributed by atoms with Crippen LogP contribution in [0.15, 0.2) is 18.3 Å². The molecular weight excluding hydrogens is 198 g/mol. The van der Waals surface area contributed by atoms with E-state index >= 15 is 0 Å². The molecule has 0 spiro atoms. The summed E-state index contributed by atoms with van der Waals surface area (Å²) in [5, 5.41) is 0. The molecule has 16 heavy (non-hydrogen) atoms. The molecule has 90 valence electrons. The predicted octanol–water partition coefficient (Wildman–Crippen LogP) is 4.02. The van der Waals surface area contributed by atoms with Crippen molar-refractivity contribution in [2.75, 3.05) is 6.61 Å². The number of pyridine rings is 1. The van der Waals surface area contributed by atoms with Crippen LogP contribution in [-0.4, -0.2) is 11.6 Å². The summed E-state index contributed by atoms with van der Waals surface area (Å²) in [6, 6.07) is 4.06. The lowest BCUT2D eigenvalue weighted by atomic mass is 10.1. The second-order valence-corrected chi connectivity index (χ2v) is 4.96. The van der Waals surface area contributed by atoms with Crippen LogP contribution in [0.5, 0.6) is 5.75 Å². The lowest BCUT2D eigenvalue weighted by Gasteiger charge is -2.08. The number of rotatable bonds is 6. The number of hydrogen-bond donors (Lipinski definition) is 0. The van der Waals surface area contributed by atoms with Gasteiger partial charge in [-0.1, -0.05) is 27.7 Å². The van der Waals surface area contributed by atoms with E-state index in [1.807, 2.05) is 18.3 Å². The summed E-state index contributed by atoms with van der Waals surface area (Å²) in [6.07, 6.45) is 4.16. The second kappa shape index (κ2) is 6.51. The number of ether oxygens (including phenoxy) is 1. The van der Waals surface area contributed by atoms with Gasteiger partial charge in [-0.3, -0.25) is 4.98 Å². The van der Waals surface area contributed by atoms with Crippen molar-refractivity contribution in [2.24, 2.45) is 5.92 Å². The van der Waals surface area contributed by atoms with Crippen LogP contribution >= 0.6 is 0 Å². The maximum absolute atomic E-state index is 5.63. The van der Waals surface area contributed by atoms with Crippen molar-refractivity contribution in [1.29, 1.82) is 0 Å². The van der Waals surface area contributed by atoms with Gasteiger partial charge in [-0.2, -0.15) is 0 Å². The molecule has 0 aliphatic carbocycles. The highest BCUT2D eigenvalue weighted by molar-refractivity contribution is 5.21. The SMILES string of the molecule is CC(C)CCCOc1ccc(C(C)C)nc1. The van der Waals surface area contributed by atoms with Crippen LogP contribution in [0.25, 0.3) is 0 Å². The molecule has 1 heterocycles. The molecule has 0 atom stereocenters. The van der Waals surface area contributed by atoms with Crippen molar-refractivity contribution >= 4 is 0 Å². The highest BCUT2D eigenvalue weighted by Crippen LogP contribution is 2.15. The van der Waals surface area contributed by atoms with Gasteiger partial charge in [0.2, 0.25) is 0 Å². The molecule has 0 saturated heterocycles. The summed E-state index contributed by atoms with van der Waals surface area (Å²) in [4.78, 5) is 4.37. The lowest BCUT2D eigenvalue weighted by molar-refractivity contribution is 0.296. The highest BCUT2D eigenvalue weighted by Gasteiger charge is 2.01. The summed E-state index contributed by atoms with van der Waals surface area (Å²) in [5.41, 5.74) is 1.12. The Morgan fingerprint density at radius 2 is 1.94 bits per heavy atom. The molecule has 0 bridgehead atoms. The molecule has 0 radical (unpaired) electrons. The molecule has 2 nitrogen and oxygen atoms in total. The monoisotopic (exact) mass is 221 g/mol. The Bertz CT molecular complexity index is 290. The van der Waals surface area contributed by atoms with Gasteiger partial charge >= 0.3 is 0 Å². The number of hydrogen-bond acceptors (Lipinski definition) is 2. The minimum Gasteiger partial charge on any atom is -0.492 e. The fourth-order valence-electron chi connectivity index (χ4n) is 1.50. The summed E-state index contributed by atoms with van der Waals surface area (Å²) in [5.74, 6) is 2.12. The first-order valence-electron chi connectivity index (χ1n) is 6.18. The van der Waals surface area contributed by atoms with Crippen LogP contribution in [0.3, 0.4) is 0 Å². The van der Waals surface area contributed by atoms with Crippen LogP contribution in [0.2, 0.25) is 0 Å². The van der Waals surface area contributed by atoms with Gasteiger partial charge in [0.1, 0.15) is 5.75 Å². The fraction of sp³-hybridized carbons (Fsp3) is 0.643. The molecule has 1 rings (SSSR count). The van der Waals surface area contributed by atoms with E-state index in [0.29, 0.717) is 5.92 Å². The first-order chi connectivity index (χ1) is 7.59. The topological polar surface area (TPSA) is 22.1 Å². The van der Waals surface area contributed by atoms with E-state index in [1.165, 1.54) is 6.42 Å². The Morgan fingerprint density at radius 1 is 1.19 bits per heavy atom. The molecular formula is C14H23NO. The molecule has 0 aliphatic rings. The van der Waals surface area contributed by atoms with E-state index in [4.69, 9.17) is 4.74 Å². The van der Waals surface area contributed by atoms with E-state index in [2.05, 4.69) is 32.7 Å². The van der Waals surface area contributed by atoms with Crippen molar-refractivity contribution in [1.82, 2.24) is 4.98 Å². The third-order valence-corrected chi connectivity index (χ3v) is 2.55. The smallest absolute Gasteiger partial charge is 0.137 e. The van der Waals surface area contributed by atoms with Crippen molar-refractivity contribution in [3.63, 3.8) is 0 Å². The first-order valence-corrected chi connectivity index (χ1v) is 6.18. The zero-order valence-corrected chi connectivity index (χ0v) is 10.9. The normalized spacial score (nSPS) is 11.1. The van der Waals surface area contributed by atoms with Crippen LogP contribution in [0.1, 0.15) is 52.1 Å². The minimum absolute atomic E-state index is 0.481. The average molecular weight is 221 g/mol. The van der Waals surface area contributed by atoms with Gasteiger partial charge in [-0.15, -0.1) is 0 Å². The Hall–Kier alpha value is -1.05. The molecule has 1 aromatic rings. The molecule has 0 N–H and O–H groups in total. The van der Waals surface area contributed by atoms with E-state index in [-0.39, 0.29) is 0 Å². The fourth-order valence-corrected chi connectivity index (χ4v) is 1.50. The number of aromatic nitrogens is 1. The molecule has 0 fully saturated rings. The number of nitrogens with zero attached hydrogens (tertiary/aromatic N) is 1. The first kappa shape index (κ1) is 13.0. The Kier molecular flexibility index (Phi) is 5.30. The van der Waals surface area contributed by atoms with Gasteiger partial charge in [-0.05, 0) is 36.8 Å². The maximum atomic E-state index is 5.63. The molecule has 2 heteroatoms. The standard InChI is InChI=1S/C14H23NO/c1-11(2)6-5-9-16-13-7-8-14(12(3)4)15-10-13/h7-8,10-12H,5-6,9H2,1-4H3.